The van der Waals surface area contributed by atoms with E-state index >= 15 is 0 Å². The maximum Gasteiger partial charge on any atom is 0.325 e. The van der Waals surface area contributed by atoms with Crippen molar-refractivity contribution in [3.63, 3.8) is 0 Å². The van der Waals surface area contributed by atoms with Gasteiger partial charge in [0.1, 0.15) is 13.2 Å². The predicted molar refractivity (Wildman–Crippen MR) is 126 cm³/mol. The second-order valence-electron chi connectivity index (χ2n) is 10.3. The third kappa shape index (κ3) is 6.01. The zero-order valence-corrected chi connectivity index (χ0v) is 21.7. The number of β-lactam (4-membered cyclic amide) rings is 1. The van der Waals surface area contributed by atoms with E-state index in [1.807, 2.05) is 0 Å². The molecule has 1 aromatic carbocycles. The minimum atomic E-state index is -2.20. The predicted octanol–water partition coefficient (Wildman–Crippen LogP) is 3.60. The summed E-state index contributed by atoms with van der Waals surface area (Å²) in [5, 5.41) is 20.3. The van der Waals surface area contributed by atoms with Gasteiger partial charge in [-0.25, -0.2) is 0 Å². The Morgan fingerprint density at radius 3 is 2.24 bits per heavy atom. The van der Waals surface area contributed by atoms with Crippen molar-refractivity contribution in [2.75, 3.05) is 6.54 Å². The van der Waals surface area contributed by atoms with Crippen LogP contribution >= 0.6 is 0 Å². The maximum absolute atomic E-state index is 13.0. The van der Waals surface area contributed by atoms with Gasteiger partial charge in [-0.3, -0.25) is 24.5 Å². The van der Waals surface area contributed by atoms with Crippen molar-refractivity contribution in [2.24, 2.45) is 11.8 Å². The number of hydrogen-bond acceptors (Lipinski definition) is 7. The highest BCUT2D eigenvalue weighted by Crippen LogP contribution is 2.41. The first-order valence-corrected chi connectivity index (χ1v) is 14.1. The molecule has 0 spiro atoms. The van der Waals surface area contributed by atoms with E-state index in [0.29, 0.717) is 5.56 Å². The number of nitro groups is 1. The van der Waals surface area contributed by atoms with Gasteiger partial charge in [-0.1, -0.05) is 20.8 Å². The molecule has 1 N–H and O–H groups in total. The van der Waals surface area contributed by atoms with Gasteiger partial charge in [0.05, 0.1) is 28.9 Å². The number of amides is 1. The molecule has 0 saturated carbocycles. The number of ether oxygens (including phenoxy) is 1. The van der Waals surface area contributed by atoms with E-state index in [-0.39, 0.29) is 29.8 Å². The zero-order chi connectivity index (χ0) is 26.0. The van der Waals surface area contributed by atoms with Crippen LogP contribution in [0.4, 0.5) is 5.69 Å². The Bertz CT molecular complexity index is 941. The van der Waals surface area contributed by atoms with Gasteiger partial charge in [0, 0.05) is 12.1 Å². The van der Waals surface area contributed by atoms with Crippen molar-refractivity contribution in [3.8, 4) is 0 Å². The summed E-state index contributed by atoms with van der Waals surface area (Å²) >= 11 is 0. The first kappa shape index (κ1) is 27.5. The summed E-state index contributed by atoms with van der Waals surface area (Å²) in [4.78, 5) is 48.6. The molecule has 2 rings (SSSR count). The summed E-state index contributed by atoms with van der Waals surface area (Å²) in [5.74, 6) is -3.65. The fraction of sp³-hybridized carbons (Fsp3) is 0.609. The minimum absolute atomic E-state index is 0.0770. The summed E-state index contributed by atoms with van der Waals surface area (Å²) < 4.78 is 11.6. The van der Waals surface area contributed by atoms with Crippen molar-refractivity contribution in [2.45, 2.75) is 71.5 Å². The molecule has 1 aliphatic heterocycles. The van der Waals surface area contributed by atoms with E-state index in [1.165, 1.54) is 36.1 Å². The first-order chi connectivity index (χ1) is 15.6. The van der Waals surface area contributed by atoms with E-state index in [2.05, 4.69) is 33.9 Å². The summed E-state index contributed by atoms with van der Waals surface area (Å²) in [5.41, 5.74) is 0.477. The van der Waals surface area contributed by atoms with Gasteiger partial charge >= 0.3 is 11.9 Å². The number of esters is 1. The molecule has 1 amide bonds. The van der Waals surface area contributed by atoms with Crippen LogP contribution in [0.1, 0.15) is 40.2 Å². The molecular formula is C23H34N2O8Si. The van der Waals surface area contributed by atoms with Crippen LogP contribution < -0.4 is 0 Å². The van der Waals surface area contributed by atoms with Crippen LogP contribution in [-0.2, 0) is 30.2 Å². The molecule has 0 bridgehead atoms. The lowest BCUT2D eigenvalue weighted by Gasteiger charge is -2.52. The SMILES string of the molecule is C[C@@H](O[Si](C)(C)C(C)(C)C)[C@H]1C(=O)N(CC(=O)OCc2ccc([N+](=O)[O-])cc2)[C@@H]1[C@@H](C)C(=O)O. The molecule has 34 heavy (non-hydrogen) atoms. The normalized spacial score (nSPS) is 20.3. The molecule has 1 saturated heterocycles. The Morgan fingerprint density at radius 1 is 1.21 bits per heavy atom. The Labute approximate surface area is 200 Å². The molecule has 1 aliphatic rings. The van der Waals surface area contributed by atoms with Crippen LogP contribution in [0.5, 0.6) is 0 Å². The van der Waals surface area contributed by atoms with E-state index in [1.54, 1.807) is 6.92 Å². The van der Waals surface area contributed by atoms with E-state index in [0.717, 1.165) is 0 Å². The van der Waals surface area contributed by atoms with Gasteiger partial charge in [-0.05, 0) is 49.7 Å². The maximum atomic E-state index is 13.0. The molecule has 188 valence electrons. The second-order valence-corrected chi connectivity index (χ2v) is 15.0. The molecule has 0 aromatic heterocycles. The number of hydrogen-bond donors (Lipinski definition) is 1. The monoisotopic (exact) mass is 494 g/mol. The average Bonchev–Trinajstić information content (AvgIpc) is 2.72. The van der Waals surface area contributed by atoms with Crippen molar-refractivity contribution in [1.82, 2.24) is 4.90 Å². The molecule has 1 heterocycles. The van der Waals surface area contributed by atoms with E-state index < -0.39 is 49.2 Å². The molecule has 0 radical (unpaired) electrons. The fourth-order valence-electron chi connectivity index (χ4n) is 3.76. The number of carbonyl (C=O) groups is 3. The molecule has 0 unspecified atom stereocenters. The Kier molecular flexibility index (Phi) is 8.25. The van der Waals surface area contributed by atoms with Crippen molar-refractivity contribution >= 4 is 31.9 Å². The van der Waals surface area contributed by atoms with Crippen LogP contribution in [0.25, 0.3) is 0 Å². The number of non-ortho nitro benzene ring substituents is 1. The smallest absolute Gasteiger partial charge is 0.325 e. The third-order valence-corrected chi connectivity index (χ3v) is 11.4. The molecule has 10 nitrogen and oxygen atoms in total. The number of benzene rings is 1. The second kappa shape index (κ2) is 10.2. The number of aliphatic carboxylic acids is 1. The lowest BCUT2D eigenvalue weighted by Crippen LogP contribution is -2.69. The summed E-state index contributed by atoms with van der Waals surface area (Å²) in [6.07, 6.45) is -0.493. The van der Waals surface area contributed by atoms with Gasteiger partial charge in [-0.2, -0.15) is 0 Å². The molecule has 0 aliphatic carbocycles. The summed E-state index contributed by atoms with van der Waals surface area (Å²) in [6.45, 7) is 13.2. The summed E-state index contributed by atoms with van der Waals surface area (Å²) in [6, 6.07) is 4.87. The Morgan fingerprint density at radius 2 is 1.76 bits per heavy atom. The van der Waals surface area contributed by atoms with E-state index in [4.69, 9.17) is 9.16 Å². The quantitative estimate of drug-likeness (QED) is 0.171. The molecule has 1 aromatic rings. The Balaban J connectivity index is 2.07. The Hall–Kier alpha value is -2.79. The van der Waals surface area contributed by atoms with E-state index in [9.17, 15) is 29.6 Å². The molecule has 11 heteroatoms. The van der Waals surface area contributed by atoms with Crippen LogP contribution in [0.2, 0.25) is 18.1 Å². The number of carbonyl (C=O) groups excluding carboxylic acids is 2. The minimum Gasteiger partial charge on any atom is -0.481 e. The highest BCUT2D eigenvalue weighted by molar-refractivity contribution is 6.74. The van der Waals surface area contributed by atoms with Gasteiger partial charge in [0.25, 0.3) is 5.69 Å². The van der Waals surface area contributed by atoms with Gasteiger partial charge in [0.2, 0.25) is 5.91 Å². The number of nitrogens with zero attached hydrogens (tertiary/aromatic N) is 2. The van der Waals surface area contributed by atoms with Crippen LogP contribution in [0.3, 0.4) is 0 Å². The molecular weight excluding hydrogens is 460 g/mol. The van der Waals surface area contributed by atoms with Crippen LogP contribution in [-0.4, -0.2) is 59.8 Å². The summed E-state index contributed by atoms with van der Waals surface area (Å²) in [7, 11) is -2.20. The van der Waals surface area contributed by atoms with Gasteiger partial charge in [0.15, 0.2) is 8.32 Å². The number of nitro benzene ring substituents is 1. The standard InChI is InChI=1S/C23H34N2O8Si/c1-14(22(28)29)20-19(15(2)33-34(6,7)23(3,4)5)21(27)24(20)12-18(26)32-13-16-8-10-17(11-9-16)25(30)31/h8-11,14-15,19-20H,12-13H2,1-7H3,(H,28,29)/t14-,15-,19-,20-/m1/s1. The van der Waals surface area contributed by atoms with Crippen molar-refractivity contribution in [1.29, 1.82) is 0 Å². The average molecular weight is 495 g/mol. The fourth-order valence-corrected chi connectivity index (χ4v) is 5.19. The van der Waals surface area contributed by atoms with Crippen LogP contribution in [0.15, 0.2) is 24.3 Å². The lowest BCUT2D eigenvalue weighted by atomic mass is 9.76. The largest absolute Gasteiger partial charge is 0.481 e. The molecule has 1 fully saturated rings. The lowest BCUT2D eigenvalue weighted by molar-refractivity contribution is -0.384. The zero-order valence-electron chi connectivity index (χ0n) is 20.7. The van der Waals surface area contributed by atoms with Crippen molar-refractivity contribution in [3.05, 3.63) is 39.9 Å². The highest BCUT2D eigenvalue weighted by atomic mass is 28.4. The number of likely N-dealkylation sites (tertiary alicyclic amines) is 1. The number of carboxylic acids is 1. The first-order valence-electron chi connectivity index (χ1n) is 11.2. The number of carboxylic acid groups (broad SMARTS) is 1. The van der Waals surface area contributed by atoms with Crippen LogP contribution in [0, 0.1) is 22.0 Å². The van der Waals surface area contributed by atoms with Crippen molar-refractivity contribution < 1.29 is 33.6 Å². The molecule has 4 atom stereocenters. The topological polar surface area (TPSA) is 136 Å². The third-order valence-electron chi connectivity index (χ3n) is 6.84. The highest BCUT2D eigenvalue weighted by Gasteiger charge is 2.56. The van der Waals surface area contributed by atoms with Gasteiger partial charge in [-0.15, -0.1) is 0 Å². The number of rotatable bonds is 10. The van der Waals surface area contributed by atoms with Gasteiger partial charge < -0.3 is 19.2 Å².